The zero-order valence-electron chi connectivity index (χ0n) is 10.1. The first-order valence-electron chi connectivity index (χ1n) is 5.86. The van der Waals surface area contributed by atoms with Crippen LogP contribution in [0.2, 0.25) is 0 Å². The summed E-state index contributed by atoms with van der Waals surface area (Å²) in [4.78, 5) is 23.3. The molecule has 1 atom stereocenters. The Hall–Kier alpha value is -2.04. The molecule has 1 saturated carbocycles. The van der Waals surface area contributed by atoms with Crippen molar-refractivity contribution in [2.75, 3.05) is 0 Å². The molecule has 1 aromatic carbocycles. The molecular formula is C13H15NO4. The topological polar surface area (TPSA) is 75.6 Å². The van der Waals surface area contributed by atoms with Gasteiger partial charge in [0.05, 0.1) is 5.56 Å². The van der Waals surface area contributed by atoms with Gasteiger partial charge in [-0.05, 0) is 44.0 Å². The monoisotopic (exact) mass is 249 g/mol. The first-order valence-corrected chi connectivity index (χ1v) is 5.86. The van der Waals surface area contributed by atoms with E-state index in [2.05, 4.69) is 5.32 Å². The van der Waals surface area contributed by atoms with E-state index in [0.29, 0.717) is 5.56 Å². The summed E-state index contributed by atoms with van der Waals surface area (Å²) in [5.74, 6) is -0.774. The van der Waals surface area contributed by atoms with Gasteiger partial charge in [-0.15, -0.1) is 0 Å². The third-order valence-corrected chi connectivity index (χ3v) is 2.68. The van der Waals surface area contributed by atoms with Crippen LogP contribution in [-0.2, 0) is 9.53 Å². The molecule has 0 spiro atoms. The summed E-state index contributed by atoms with van der Waals surface area (Å²) < 4.78 is 5.03. The van der Waals surface area contributed by atoms with Crippen molar-refractivity contribution in [1.82, 2.24) is 5.32 Å². The number of phenols is 1. The van der Waals surface area contributed by atoms with E-state index in [1.165, 1.54) is 31.2 Å². The molecule has 0 bridgehead atoms. The number of rotatable bonds is 4. The van der Waals surface area contributed by atoms with E-state index in [1.807, 2.05) is 0 Å². The summed E-state index contributed by atoms with van der Waals surface area (Å²) >= 11 is 0. The van der Waals surface area contributed by atoms with Gasteiger partial charge in [0.15, 0.2) is 6.10 Å². The van der Waals surface area contributed by atoms with E-state index in [-0.39, 0.29) is 17.7 Å². The Labute approximate surface area is 105 Å². The van der Waals surface area contributed by atoms with Crippen LogP contribution in [0.3, 0.4) is 0 Å². The van der Waals surface area contributed by atoms with Crippen molar-refractivity contribution in [3.63, 3.8) is 0 Å². The maximum atomic E-state index is 11.7. The number of amides is 1. The third kappa shape index (κ3) is 3.23. The molecule has 2 rings (SSSR count). The highest BCUT2D eigenvalue weighted by atomic mass is 16.5. The Kier molecular flexibility index (Phi) is 3.50. The average molecular weight is 249 g/mol. The normalized spacial score (nSPS) is 15.8. The molecule has 0 radical (unpaired) electrons. The maximum Gasteiger partial charge on any atom is 0.338 e. The molecule has 1 aromatic rings. The number of hydrogen-bond donors (Lipinski definition) is 2. The number of carbonyl (C=O) groups excluding carboxylic acids is 2. The van der Waals surface area contributed by atoms with Gasteiger partial charge in [-0.25, -0.2) is 4.79 Å². The molecule has 1 aliphatic rings. The van der Waals surface area contributed by atoms with E-state index in [0.717, 1.165) is 12.8 Å². The van der Waals surface area contributed by atoms with Crippen molar-refractivity contribution in [2.24, 2.45) is 0 Å². The highest BCUT2D eigenvalue weighted by Gasteiger charge is 2.27. The Morgan fingerprint density at radius 3 is 2.50 bits per heavy atom. The van der Waals surface area contributed by atoms with Crippen LogP contribution in [-0.4, -0.2) is 29.1 Å². The minimum Gasteiger partial charge on any atom is -0.508 e. The lowest BCUT2D eigenvalue weighted by molar-refractivity contribution is -0.129. The molecule has 0 saturated heterocycles. The second-order valence-corrected chi connectivity index (χ2v) is 4.38. The lowest BCUT2D eigenvalue weighted by Gasteiger charge is -2.13. The van der Waals surface area contributed by atoms with Gasteiger partial charge in [-0.3, -0.25) is 4.79 Å². The van der Waals surface area contributed by atoms with E-state index in [1.54, 1.807) is 0 Å². The maximum absolute atomic E-state index is 11.7. The molecule has 5 nitrogen and oxygen atoms in total. The largest absolute Gasteiger partial charge is 0.508 e. The quantitative estimate of drug-likeness (QED) is 0.787. The first kappa shape index (κ1) is 12.4. The fraction of sp³-hybridized carbons (Fsp3) is 0.385. The number of benzene rings is 1. The third-order valence-electron chi connectivity index (χ3n) is 2.68. The number of ether oxygens (including phenoxy) is 1. The van der Waals surface area contributed by atoms with Crippen LogP contribution >= 0.6 is 0 Å². The van der Waals surface area contributed by atoms with Crippen LogP contribution in [0, 0.1) is 0 Å². The van der Waals surface area contributed by atoms with E-state index in [4.69, 9.17) is 9.84 Å². The lowest BCUT2D eigenvalue weighted by atomic mass is 10.2. The predicted octanol–water partition coefficient (Wildman–Crippen LogP) is 1.22. The molecule has 18 heavy (non-hydrogen) atoms. The van der Waals surface area contributed by atoms with Crippen LogP contribution in [0.4, 0.5) is 0 Å². The molecular weight excluding hydrogens is 234 g/mol. The summed E-state index contributed by atoms with van der Waals surface area (Å²) in [6.07, 6.45) is 1.17. The van der Waals surface area contributed by atoms with Gasteiger partial charge < -0.3 is 15.2 Å². The van der Waals surface area contributed by atoms with Crippen molar-refractivity contribution < 1.29 is 19.4 Å². The first-order chi connectivity index (χ1) is 8.56. The van der Waals surface area contributed by atoms with Gasteiger partial charge in [-0.2, -0.15) is 0 Å². The van der Waals surface area contributed by atoms with Crippen LogP contribution in [0.5, 0.6) is 5.75 Å². The molecule has 1 fully saturated rings. The molecule has 0 aliphatic heterocycles. The standard InChI is InChI=1S/C13H15NO4/c1-8(12(16)14-10-4-5-10)18-13(17)9-2-6-11(15)7-3-9/h2-3,6-8,10,15H,4-5H2,1H3,(H,14,16). The number of nitrogens with one attached hydrogen (secondary N) is 1. The molecule has 5 heteroatoms. The van der Waals surface area contributed by atoms with E-state index >= 15 is 0 Å². The summed E-state index contributed by atoms with van der Waals surface area (Å²) in [7, 11) is 0. The second kappa shape index (κ2) is 5.08. The van der Waals surface area contributed by atoms with Gasteiger partial charge in [0.2, 0.25) is 0 Å². The van der Waals surface area contributed by atoms with Gasteiger partial charge in [0.25, 0.3) is 5.91 Å². The Balaban J connectivity index is 1.89. The molecule has 1 aliphatic carbocycles. The Morgan fingerprint density at radius 2 is 1.94 bits per heavy atom. The minimum absolute atomic E-state index is 0.0751. The van der Waals surface area contributed by atoms with Crippen molar-refractivity contribution in [3.05, 3.63) is 29.8 Å². The highest BCUT2D eigenvalue weighted by molar-refractivity contribution is 5.92. The molecule has 96 valence electrons. The smallest absolute Gasteiger partial charge is 0.338 e. The number of phenolic OH excluding ortho intramolecular Hbond substituents is 1. The summed E-state index contributed by atoms with van der Waals surface area (Å²) in [6, 6.07) is 5.93. The van der Waals surface area contributed by atoms with Gasteiger partial charge in [0, 0.05) is 6.04 Å². The molecule has 2 N–H and O–H groups in total. The van der Waals surface area contributed by atoms with Gasteiger partial charge >= 0.3 is 5.97 Å². The zero-order valence-corrected chi connectivity index (χ0v) is 10.1. The molecule has 0 heterocycles. The van der Waals surface area contributed by atoms with Crippen LogP contribution < -0.4 is 5.32 Å². The van der Waals surface area contributed by atoms with E-state index < -0.39 is 12.1 Å². The summed E-state index contributed by atoms with van der Waals surface area (Å²) in [5, 5.41) is 11.9. The second-order valence-electron chi connectivity index (χ2n) is 4.38. The van der Waals surface area contributed by atoms with Gasteiger partial charge in [-0.1, -0.05) is 0 Å². The number of aromatic hydroxyl groups is 1. The number of esters is 1. The summed E-state index contributed by atoms with van der Waals surface area (Å²) in [6.45, 7) is 1.54. The Morgan fingerprint density at radius 1 is 1.33 bits per heavy atom. The predicted molar refractivity (Wildman–Crippen MR) is 64.1 cm³/mol. The van der Waals surface area contributed by atoms with Crippen LogP contribution in [0.1, 0.15) is 30.1 Å². The van der Waals surface area contributed by atoms with Crippen LogP contribution in [0.25, 0.3) is 0 Å². The summed E-state index contributed by atoms with van der Waals surface area (Å²) in [5.41, 5.74) is 0.305. The van der Waals surface area contributed by atoms with Crippen molar-refractivity contribution >= 4 is 11.9 Å². The highest BCUT2D eigenvalue weighted by Crippen LogP contribution is 2.19. The molecule has 0 aromatic heterocycles. The SMILES string of the molecule is CC(OC(=O)c1ccc(O)cc1)C(=O)NC1CC1. The Bertz CT molecular complexity index is 451. The fourth-order valence-corrected chi connectivity index (χ4v) is 1.43. The zero-order chi connectivity index (χ0) is 13.1. The van der Waals surface area contributed by atoms with Crippen molar-refractivity contribution in [2.45, 2.75) is 31.9 Å². The molecule has 1 amide bonds. The van der Waals surface area contributed by atoms with Crippen molar-refractivity contribution in [1.29, 1.82) is 0 Å². The van der Waals surface area contributed by atoms with E-state index in [9.17, 15) is 9.59 Å². The van der Waals surface area contributed by atoms with Gasteiger partial charge in [0.1, 0.15) is 5.75 Å². The minimum atomic E-state index is -0.813. The average Bonchev–Trinajstić information content (AvgIpc) is 3.13. The van der Waals surface area contributed by atoms with Crippen LogP contribution in [0.15, 0.2) is 24.3 Å². The number of hydrogen-bond acceptors (Lipinski definition) is 4. The lowest BCUT2D eigenvalue weighted by Crippen LogP contribution is -2.37. The van der Waals surface area contributed by atoms with Crippen molar-refractivity contribution in [3.8, 4) is 5.75 Å². The fourth-order valence-electron chi connectivity index (χ4n) is 1.43. The number of carbonyl (C=O) groups is 2. The molecule has 1 unspecified atom stereocenters.